The second-order valence-corrected chi connectivity index (χ2v) is 9.26. The Morgan fingerprint density at radius 2 is 1.97 bits per heavy atom. The third kappa shape index (κ3) is 4.00. The maximum atomic E-state index is 14.8. The first kappa shape index (κ1) is 23.4. The minimum atomic E-state index is -4.57. The Morgan fingerprint density at radius 1 is 1.16 bits per heavy atom. The maximum Gasteiger partial charge on any atom is 0.418 e. The summed E-state index contributed by atoms with van der Waals surface area (Å²) in [4.78, 5) is 16.4. The number of nitrogens with zero attached hydrogens (tertiary/aromatic N) is 3. The zero-order chi connectivity index (χ0) is 25.9. The number of alkyl halides is 3. The monoisotopic (exact) mass is 511 g/mol. The van der Waals surface area contributed by atoms with Gasteiger partial charge in [0, 0.05) is 29.1 Å². The smallest absolute Gasteiger partial charge is 0.418 e. The number of benzene rings is 2. The molecule has 0 unspecified atom stereocenters. The van der Waals surface area contributed by atoms with Crippen molar-refractivity contribution in [2.24, 2.45) is 11.8 Å². The lowest BCUT2D eigenvalue weighted by molar-refractivity contribution is -0.145. The van der Waals surface area contributed by atoms with Gasteiger partial charge in [0.05, 0.1) is 35.5 Å². The predicted molar refractivity (Wildman–Crippen MR) is 125 cm³/mol. The maximum absolute atomic E-state index is 14.8. The second kappa shape index (κ2) is 8.57. The molecule has 0 bridgehead atoms. The Labute approximate surface area is 208 Å². The van der Waals surface area contributed by atoms with E-state index in [-0.39, 0.29) is 41.6 Å². The van der Waals surface area contributed by atoms with Crippen molar-refractivity contribution in [2.75, 3.05) is 6.61 Å². The Morgan fingerprint density at radius 3 is 2.76 bits per heavy atom. The Kier molecular flexibility index (Phi) is 5.43. The molecule has 2 aromatic carbocycles. The number of hydrogen-bond donors (Lipinski definition) is 0. The normalized spacial score (nSPS) is 20.0. The molecule has 1 fully saturated rings. The van der Waals surface area contributed by atoms with Gasteiger partial charge in [0.25, 0.3) is 0 Å². The molecule has 6 rings (SSSR count). The molecule has 10 heteroatoms. The van der Waals surface area contributed by atoms with Crippen molar-refractivity contribution in [3.8, 4) is 11.6 Å². The van der Waals surface area contributed by atoms with Gasteiger partial charge in [-0.2, -0.15) is 18.3 Å². The number of carbonyl (C=O) groups is 1. The van der Waals surface area contributed by atoms with E-state index in [4.69, 9.17) is 9.47 Å². The topological polar surface area (TPSA) is 66.2 Å². The Hall–Kier alpha value is -3.95. The summed E-state index contributed by atoms with van der Waals surface area (Å²) >= 11 is 0. The molecule has 0 aliphatic heterocycles. The van der Waals surface area contributed by atoms with Crippen LogP contribution in [-0.4, -0.2) is 27.3 Å². The molecule has 2 aromatic heterocycles. The van der Waals surface area contributed by atoms with E-state index in [9.17, 15) is 22.4 Å². The fourth-order valence-corrected chi connectivity index (χ4v) is 5.35. The van der Waals surface area contributed by atoms with Crippen LogP contribution in [0.4, 0.5) is 17.6 Å². The first-order valence-corrected chi connectivity index (χ1v) is 11.9. The number of ether oxygens (including phenoxy) is 2. The molecule has 0 spiro atoms. The third-order valence-corrected chi connectivity index (χ3v) is 7.09. The molecule has 37 heavy (non-hydrogen) atoms. The molecule has 3 atom stereocenters. The number of halogens is 4. The van der Waals surface area contributed by atoms with Gasteiger partial charge in [-0.3, -0.25) is 4.79 Å². The molecule has 6 nitrogen and oxygen atoms in total. The summed E-state index contributed by atoms with van der Waals surface area (Å²) in [5.74, 6) is -0.208. The summed E-state index contributed by atoms with van der Waals surface area (Å²) in [5, 5.41) is 4.45. The van der Waals surface area contributed by atoms with Crippen molar-refractivity contribution in [3.63, 3.8) is 0 Å². The highest BCUT2D eigenvalue weighted by Crippen LogP contribution is 2.61. The highest BCUT2D eigenvalue weighted by molar-refractivity contribution is 5.81. The minimum absolute atomic E-state index is 0.117. The molecule has 0 radical (unpaired) electrons. The largest absolute Gasteiger partial charge is 0.473 e. The van der Waals surface area contributed by atoms with E-state index in [0.717, 1.165) is 28.3 Å². The summed E-state index contributed by atoms with van der Waals surface area (Å²) in [6.07, 6.45) is -0.831. The number of fused-ring (bicyclic) bond motifs is 4. The molecule has 1 saturated carbocycles. The van der Waals surface area contributed by atoms with Crippen molar-refractivity contribution >= 4 is 16.9 Å². The molecule has 4 aromatic rings. The Balaban J connectivity index is 1.23. The van der Waals surface area contributed by atoms with Crippen LogP contribution in [0.3, 0.4) is 0 Å². The average molecular weight is 511 g/mol. The molecule has 2 aliphatic carbocycles. The lowest BCUT2D eigenvalue weighted by atomic mass is 10.0. The molecule has 0 saturated heterocycles. The quantitative estimate of drug-likeness (QED) is 0.249. The lowest BCUT2D eigenvalue weighted by Crippen LogP contribution is -2.11. The van der Waals surface area contributed by atoms with Gasteiger partial charge in [-0.05, 0) is 54.7 Å². The molecule has 190 valence electrons. The van der Waals surface area contributed by atoms with Gasteiger partial charge >= 0.3 is 12.1 Å². The molecular formula is C27H21F4N3O3. The van der Waals surface area contributed by atoms with E-state index in [2.05, 4.69) is 10.1 Å². The first-order chi connectivity index (χ1) is 17.8. The average Bonchev–Trinajstić information content (AvgIpc) is 3.22. The van der Waals surface area contributed by atoms with Gasteiger partial charge < -0.3 is 9.47 Å². The van der Waals surface area contributed by atoms with Gasteiger partial charge in [0.1, 0.15) is 12.4 Å². The van der Waals surface area contributed by atoms with Gasteiger partial charge in [0.2, 0.25) is 5.88 Å². The lowest BCUT2D eigenvalue weighted by Gasteiger charge is -2.14. The van der Waals surface area contributed by atoms with Crippen LogP contribution in [0.1, 0.15) is 35.1 Å². The fourth-order valence-electron chi connectivity index (χ4n) is 5.35. The SMILES string of the molecule is CCOC(=O)[C@H]1[C@@H]2Cc3cc(OCc4cc5c(cnn5-c5ccccc5C(F)(F)F)cc4F)ncc3[C@@H]21. The molecule has 0 amide bonds. The number of para-hydroxylation sites is 1. The van der Waals surface area contributed by atoms with E-state index < -0.39 is 17.6 Å². The molecule has 2 aliphatic rings. The van der Waals surface area contributed by atoms with Gasteiger partial charge in [-0.25, -0.2) is 14.1 Å². The van der Waals surface area contributed by atoms with Crippen LogP contribution in [-0.2, 0) is 28.7 Å². The third-order valence-electron chi connectivity index (χ3n) is 7.09. The van der Waals surface area contributed by atoms with Crippen molar-refractivity contribution < 1.29 is 31.8 Å². The van der Waals surface area contributed by atoms with Gasteiger partial charge in [-0.15, -0.1) is 0 Å². The van der Waals surface area contributed by atoms with E-state index >= 15 is 0 Å². The summed E-state index contributed by atoms with van der Waals surface area (Å²) in [6, 6.07) is 9.56. The van der Waals surface area contributed by atoms with E-state index in [1.54, 1.807) is 19.2 Å². The molecular weight excluding hydrogens is 490 g/mol. The minimum Gasteiger partial charge on any atom is -0.473 e. The van der Waals surface area contributed by atoms with Crippen LogP contribution in [0.15, 0.2) is 54.9 Å². The van der Waals surface area contributed by atoms with Gasteiger partial charge in [-0.1, -0.05) is 12.1 Å². The summed E-state index contributed by atoms with van der Waals surface area (Å²) in [6.45, 7) is 1.97. The number of pyridine rings is 1. The van der Waals surface area contributed by atoms with Crippen LogP contribution < -0.4 is 4.74 Å². The van der Waals surface area contributed by atoms with Gasteiger partial charge in [0.15, 0.2) is 0 Å². The summed E-state index contributed by atoms with van der Waals surface area (Å²) < 4.78 is 67.5. The standard InChI is InChI=1S/C27H21F4N3O3/c1-2-36-26(35)25-17-7-14-10-23(32-12-18(14)24(17)25)37-13-16-9-22-15(8-20(16)28)11-33-34(22)21-6-4-3-5-19(21)27(29,30)31/h3-6,8-12,17,24-25H,2,7,13H2,1H3/t17-,24-,25+/m1/s1. The van der Waals surface area contributed by atoms with Crippen LogP contribution >= 0.6 is 0 Å². The van der Waals surface area contributed by atoms with Crippen molar-refractivity contribution in [1.82, 2.24) is 14.8 Å². The zero-order valence-electron chi connectivity index (χ0n) is 19.6. The van der Waals surface area contributed by atoms with Crippen molar-refractivity contribution in [2.45, 2.75) is 32.0 Å². The second-order valence-electron chi connectivity index (χ2n) is 9.26. The fraction of sp³-hybridized carbons (Fsp3) is 0.296. The highest BCUT2D eigenvalue weighted by atomic mass is 19.4. The van der Waals surface area contributed by atoms with E-state index in [1.807, 2.05) is 0 Å². The number of rotatable bonds is 6. The van der Waals surface area contributed by atoms with Crippen molar-refractivity contribution in [1.29, 1.82) is 0 Å². The number of esters is 1. The van der Waals surface area contributed by atoms with Crippen molar-refractivity contribution in [3.05, 3.63) is 82.9 Å². The summed E-state index contributed by atoms with van der Waals surface area (Å²) in [5.41, 5.74) is 1.54. The van der Waals surface area contributed by atoms with E-state index in [1.165, 1.54) is 36.5 Å². The van der Waals surface area contributed by atoms with E-state index in [0.29, 0.717) is 23.4 Å². The van der Waals surface area contributed by atoms with Crippen LogP contribution in [0, 0.1) is 17.7 Å². The predicted octanol–water partition coefficient (Wildman–Crippen LogP) is 5.61. The highest BCUT2D eigenvalue weighted by Gasteiger charge is 2.60. The van der Waals surface area contributed by atoms with Crippen LogP contribution in [0.2, 0.25) is 0 Å². The molecule has 0 N–H and O–H groups in total. The zero-order valence-corrected chi connectivity index (χ0v) is 19.6. The van der Waals surface area contributed by atoms with Crippen LogP contribution in [0.5, 0.6) is 5.88 Å². The summed E-state index contributed by atoms with van der Waals surface area (Å²) in [7, 11) is 0. The number of aromatic nitrogens is 3. The molecule has 2 heterocycles. The first-order valence-electron chi connectivity index (χ1n) is 11.9. The Bertz CT molecular complexity index is 1530. The van der Waals surface area contributed by atoms with Crippen LogP contribution in [0.25, 0.3) is 16.6 Å². The number of carbonyl (C=O) groups excluding carboxylic acids is 1. The number of hydrogen-bond acceptors (Lipinski definition) is 5.